The molecule has 2 aromatic rings. The molecule has 1 unspecified atom stereocenters. The first-order chi connectivity index (χ1) is 8.38. The molecule has 1 aliphatic rings. The van der Waals surface area contributed by atoms with Crippen molar-refractivity contribution in [3.05, 3.63) is 66.1 Å². The molecular weight excluding hydrogens is 210 g/mol. The van der Waals surface area contributed by atoms with E-state index in [-0.39, 0.29) is 5.92 Å². The van der Waals surface area contributed by atoms with Crippen LogP contribution in [-0.2, 0) is 4.74 Å². The average Bonchev–Trinajstić information content (AvgIpc) is 2.86. The summed E-state index contributed by atoms with van der Waals surface area (Å²) in [5, 5.41) is 1.17. The molecule has 0 aliphatic heterocycles. The Morgan fingerprint density at radius 1 is 1.12 bits per heavy atom. The third kappa shape index (κ3) is 1.72. The van der Waals surface area contributed by atoms with Crippen LogP contribution in [0, 0.1) is 0 Å². The van der Waals surface area contributed by atoms with Gasteiger partial charge in [0.15, 0.2) is 0 Å². The zero-order valence-electron chi connectivity index (χ0n) is 9.63. The molecule has 1 aliphatic carbocycles. The quantitative estimate of drug-likeness (QED) is 0.778. The van der Waals surface area contributed by atoms with E-state index >= 15 is 0 Å². The van der Waals surface area contributed by atoms with Gasteiger partial charge in [0.05, 0.1) is 24.2 Å². The molecule has 0 saturated heterocycles. The van der Waals surface area contributed by atoms with E-state index in [4.69, 9.17) is 4.74 Å². The van der Waals surface area contributed by atoms with Crippen molar-refractivity contribution >= 4 is 10.9 Å². The topological polar surface area (TPSA) is 22.1 Å². The van der Waals surface area contributed by atoms with Gasteiger partial charge in [0.1, 0.15) is 5.76 Å². The van der Waals surface area contributed by atoms with Gasteiger partial charge in [-0.25, -0.2) is 0 Å². The van der Waals surface area contributed by atoms with Crippen molar-refractivity contribution in [2.75, 3.05) is 7.11 Å². The summed E-state index contributed by atoms with van der Waals surface area (Å²) in [6.07, 6.45) is 6.11. The molecule has 84 valence electrons. The third-order valence-electron chi connectivity index (χ3n) is 3.04. The molecule has 0 N–H and O–H groups in total. The standard InChI is InChI=1S/C15H13NO/c1-17-15-8-4-6-12(15)14-10-9-11-5-2-3-7-13(11)16-14/h2-10,12H,1H3. The molecule has 0 amide bonds. The van der Waals surface area contributed by atoms with Crippen LogP contribution in [0.4, 0.5) is 0 Å². The maximum absolute atomic E-state index is 5.35. The number of hydrogen-bond acceptors (Lipinski definition) is 2. The first-order valence-corrected chi connectivity index (χ1v) is 5.66. The fourth-order valence-corrected chi connectivity index (χ4v) is 2.15. The summed E-state index contributed by atoms with van der Waals surface area (Å²) in [5.41, 5.74) is 2.06. The summed E-state index contributed by atoms with van der Waals surface area (Å²) >= 11 is 0. The second kappa shape index (κ2) is 4.06. The van der Waals surface area contributed by atoms with Crippen LogP contribution in [-0.4, -0.2) is 12.1 Å². The summed E-state index contributed by atoms with van der Waals surface area (Å²) in [6.45, 7) is 0. The highest BCUT2D eigenvalue weighted by Gasteiger charge is 2.18. The molecule has 2 nitrogen and oxygen atoms in total. The first-order valence-electron chi connectivity index (χ1n) is 5.66. The number of allylic oxidation sites excluding steroid dienone is 3. The molecule has 1 heterocycles. The second-order valence-electron chi connectivity index (χ2n) is 4.06. The number of pyridine rings is 1. The lowest BCUT2D eigenvalue weighted by atomic mass is 10.0. The van der Waals surface area contributed by atoms with Crippen LogP contribution in [0.1, 0.15) is 11.6 Å². The Kier molecular flexibility index (Phi) is 2.41. The van der Waals surface area contributed by atoms with E-state index in [0.29, 0.717) is 0 Å². The van der Waals surface area contributed by atoms with Gasteiger partial charge in [-0.2, -0.15) is 0 Å². The van der Waals surface area contributed by atoms with E-state index in [0.717, 1.165) is 17.0 Å². The molecule has 2 heteroatoms. The normalized spacial score (nSPS) is 18.4. The van der Waals surface area contributed by atoms with Gasteiger partial charge in [0.2, 0.25) is 0 Å². The molecule has 0 spiro atoms. The number of rotatable bonds is 2. The number of nitrogens with zero attached hydrogens (tertiary/aromatic N) is 1. The van der Waals surface area contributed by atoms with Crippen LogP contribution in [0.15, 0.2) is 60.4 Å². The van der Waals surface area contributed by atoms with Gasteiger partial charge < -0.3 is 4.74 Å². The largest absolute Gasteiger partial charge is 0.500 e. The Bertz CT molecular complexity index is 613. The third-order valence-corrected chi connectivity index (χ3v) is 3.04. The molecular formula is C15H13NO. The van der Waals surface area contributed by atoms with Crippen molar-refractivity contribution < 1.29 is 4.74 Å². The van der Waals surface area contributed by atoms with Crippen molar-refractivity contribution in [1.29, 1.82) is 0 Å². The van der Waals surface area contributed by atoms with E-state index in [9.17, 15) is 0 Å². The van der Waals surface area contributed by atoms with E-state index in [1.54, 1.807) is 7.11 Å². The molecule has 3 rings (SSSR count). The van der Waals surface area contributed by atoms with Gasteiger partial charge in [-0.3, -0.25) is 4.98 Å². The van der Waals surface area contributed by atoms with Crippen LogP contribution in [0.3, 0.4) is 0 Å². The molecule has 0 saturated carbocycles. The minimum Gasteiger partial charge on any atom is -0.500 e. The first kappa shape index (κ1) is 10.1. The lowest BCUT2D eigenvalue weighted by Crippen LogP contribution is -2.01. The highest BCUT2D eigenvalue weighted by molar-refractivity contribution is 5.78. The molecule has 17 heavy (non-hydrogen) atoms. The number of aromatic nitrogens is 1. The highest BCUT2D eigenvalue weighted by atomic mass is 16.5. The summed E-state index contributed by atoms with van der Waals surface area (Å²) in [4.78, 5) is 4.68. The molecule has 0 bridgehead atoms. The molecule has 1 atom stereocenters. The second-order valence-corrected chi connectivity index (χ2v) is 4.06. The lowest BCUT2D eigenvalue weighted by Gasteiger charge is -2.12. The highest BCUT2D eigenvalue weighted by Crippen LogP contribution is 2.30. The Balaban J connectivity index is 2.07. The van der Waals surface area contributed by atoms with Crippen molar-refractivity contribution in [2.45, 2.75) is 5.92 Å². The Morgan fingerprint density at radius 3 is 2.88 bits per heavy atom. The molecule has 1 aromatic carbocycles. The number of benzene rings is 1. The summed E-state index contributed by atoms with van der Waals surface area (Å²) in [6, 6.07) is 12.3. The molecule has 0 radical (unpaired) electrons. The van der Waals surface area contributed by atoms with E-state index < -0.39 is 0 Å². The van der Waals surface area contributed by atoms with Crippen LogP contribution in [0.25, 0.3) is 10.9 Å². The minimum atomic E-state index is 0.157. The number of ether oxygens (including phenoxy) is 1. The minimum absolute atomic E-state index is 0.157. The monoisotopic (exact) mass is 223 g/mol. The maximum atomic E-state index is 5.35. The fourth-order valence-electron chi connectivity index (χ4n) is 2.15. The van der Waals surface area contributed by atoms with Gasteiger partial charge in [0.25, 0.3) is 0 Å². The number of methoxy groups -OCH3 is 1. The number of hydrogen-bond donors (Lipinski definition) is 0. The zero-order chi connectivity index (χ0) is 11.7. The van der Waals surface area contributed by atoms with Crippen LogP contribution >= 0.6 is 0 Å². The van der Waals surface area contributed by atoms with E-state index in [1.807, 2.05) is 30.4 Å². The van der Waals surface area contributed by atoms with Gasteiger partial charge in [0, 0.05) is 5.39 Å². The van der Waals surface area contributed by atoms with Crippen LogP contribution < -0.4 is 0 Å². The van der Waals surface area contributed by atoms with Gasteiger partial charge in [-0.1, -0.05) is 36.4 Å². The Morgan fingerprint density at radius 2 is 2.00 bits per heavy atom. The van der Waals surface area contributed by atoms with Crippen LogP contribution in [0.5, 0.6) is 0 Å². The van der Waals surface area contributed by atoms with E-state index in [2.05, 4.69) is 29.3 Å². The number of fused-ring (bicyclic) bond motifs is 1. The maximum Gasteiger partial charge on any atom is 0.108 e. The van der Waals surface area contributed by atoms with Crippen molar-refractivity contribution in [3.8, 4) is 0 Å². The lowest BCUT2D eigenvalue weighted by molar-refractivity contribution is 0.276. The molecule has 0 fully saturated rings. The van der Waals surface area contributed by atoms with Gasteiger partial charge >= 0.3 is 0 Å². The SMILES string of the molecule is COC1=CC=CC1c1ccc2ccccc2n1. The van der Waals surface area contributed by atoms with Crippen molar-refractivity contribution in [1.82, 2.24) is 4.98 Å². The summed E-state index contributed by atoms with van der Waals surface area (Å²) in [5.74, 6) is 1.11. The van der Waals surface area contributed by atoms with E-state index in [1.165, 1.54) is 5.39 Å². The Hall–Kier alpha value is -2.09. The van der Waals surface area contributed by atoms with Gasteiger partial charge in [-0.05, 0) is 18.2 Å². The summed E-state index contributed by atoms with van der Waals surface area (Å²) < 4.78 is 5.35. The Labute approximate surface area is 100 Å². The summed E-state index contributed by atoms with van der Waals surface area (Å²) in [7, 11) is 1.70. The fraction of sp³-hybridized carbons (Fsp3) is 0.133. The van der Waals surface area contributed by atoms with Crippen molar-refractivity contribution in [2.24, 2.45) is 0 Å². The average molecular weight is 223 g/mol. The molecule has 1 aromatic heterocycles. The smallest absolute Gasteiger partial charge is 0.108 e. The predicted molar refractivity (Wildman–Crippen MR) is 68.7 cm³/mol. The van der Waals surface area contributed by atoms with Gasteiger partial charge in [-0.15, -0.1) is 0 Å². The zero-order valence-corrected chi connectivity index (χ0v) is 9.63. The predicted octanol–water partition coefficient (Wildman–Crippen LogP) is 3.42. The van der Waals surface area contributed by atoms with Crippen molar-refractivity contribution in [3.63, 3.8) is 0 Å². The van der Waals surface area contributed by atoms with Crippen LogP contribution in [0.2, 0.25) is 0 Å². The number of para-hydroxylation sites is 1.